The molecule has 2 heterocycles. The average molecular weight is 390 g/mol. The number of anilines is 1. The summed E-state index contributed by atoms with van der Waals surface area (Å²) < 4.78 is 1.60. The monoisotopic (exact) mass is 390 g/mol. The van der Waals surface area contributed by atoms with E-state index in [1.165, 1.54) is 0 Å². The smallest absolute Gasteiger partial charge is 0.312 e. The summed E-state index contributed by atoms with van der Waals surface area (Å²) in [5.41, 5.74) is 3.74. The summed E-state index contributed by atoms with van der Waals surface area (Å²) in [6, 6.07) is 12.6. The molecule has 0 radical (unpaired) electrons. The largest absolute Gasteiger partial charge is 0.320 e. The van der Waals surface area contributed by atoms with Crippen LogP contribution in [0.25, 0.3) is 10.9 Å². The Morgan fingerprint density at radius 2 is 1.97 bits per heavy atom. The van der Waals surface area contributed by atoms with Crippen LogP contribution < -0.4 is 5.32 Å². The molecule has 0 atom stereocenters. The van der Waals surface area contributed by atoms with Crippen molar-refractivity contribution in [3.63, 3.8) is 0 Å². The third-order valence-corrected chi connectivity index (χ3v) is 4.80. The van der Waals surface area contributed by atoms with Gasteiger partial charge in [0, 0.05) is 10.9 Å². The Balaban J connectivity index is 1.51. The lowest BCUT2D eigenvalue weighted by Gasteiger charge is -2.08. The summed E-state index contributed by atoms with van der Waals surface area (Å²) in [5, 5.41) is 26.1. The molecule has 0 bridgehead atoms. The van der Waals surface area contributed by atoms with E-state index in [0.29, 0.717) is 29.2 Å². The van der Waals surface area contributed by atoms with Crippen molar-refractivity contribution in [2.24, 2.45) is 0 Å². The molecule has 0 saturated heterocycles. The van der Waals surface area contributed by atoms with Crippen LogP contribution in [0.2, 0.25) is 0 Å². The number of aromatic amines is 1. The molecule has 2 aromatic carbocycles. The number of amides is 1. The predicted molar refractivity (Wildman–Crippen MR) is 108 cm³/mol. The van der Waals surface area contributed by atoms with Gasteiger partial charge in [-0.15, -0.1) is 0 Å². The number of carbonyl (C=O) groups is 1. The first-order valence-corrected chi connectivity index (χ1v) is 8.95. The fourth-order valence-electron chi connectivity index (χ4n) is 3.31. The first-order valence-electron chi connectivity index (χ1n) is 8.95. The molecule has 2 aromatic heterocycles. The number of hydrogen-bond donors (Lipinski definition) is 2. The second-order valence-corrected chi connectivity index (χ2v) is 6.73. The minimum Gasteiger partial charge on any atom is -0.320 e. The molecule has 0 aliphatic carbocycles. The van der Waals surface area contributed by atoms with Crippen LogP contribution in [0.5, 0.6) is 0 Å². The minimum atomic E-state index is -0.415. The van der Waals surface area contributed by atoms with Crippen LogP contribution in [0.3, 0.4) is 0 Å². The molecule has 4 rings (SSSR count). The lowest BCUT2D eigenvalue weighted by Crippen LogP contribution is -2.12. The number of nitrogens with zero attached hydrogens (tertiary/aromatic N) is 4. The van der Waals surface area contributed by atoms with Crippen molar-refractivity contribution in [1.82, 2.24) is 20.0 Å². The number of nitrogens with one attached hydrogen (secondary N) is 2. The molecule has 0 spiro atoms. The fourth-order valence-corrected chi connectivity index (χ4v) is 3.31. The number of aryl methyl sites for hydroxylation is 1. The molecule has 4 aromatic rings. The lowest BCUT2D eigenvalue weighted by atomic mass is 10.1. The molecule has 0 fully saturated rings. The van der Waals surface area contributed by atoms with E-state index in [1.807, 2.05) is 30.3 Å². The van der Waals surface area contributed by atoms with E-state index in [9.17, 15) is 14.9 Å². The number of rotatable bonds is 5. The topological polar surface area (TPSA) is 119 Å². The van der Waals surface area contributed by atoms with Gasteiger partial charge in [-0.2, -0.15) is 10.2 Å². The van der Waals surface area contributed by atoms with Crippen molar-refractivity contribution >= 4 is 28.2 Å². The Hall–Kier alpha value is -4.01. The van der Waals surface area contributed by atoms with Crippen LogP contribution in [0, 0.1) is 24.0 Å². The molecular formula is C20H18N6O3. The molecule has 29 heavy (non-hydrogen) atoms. The summed E-state index contributed by atoms with van der Waals surface area (Å²) in [6.45, 7) is 3.68. The van der Waals surface area contributed by atoms with E-state index in [1.54, 1.807) is 36.9 Å². The Morgan fingerprint density at radius 1 is 1.21 bits per heavy atom. The molecule has 146 valence electrons. The van der Waals surface area contributed by atoms with Crippen LogP contribution in [0.4, 0.5) is 11.4 Å². The van der Waals surface area contributed by atoms with Crippen molar-refractivity contribution in [2.45, 2.75) is 20.4 Å². The van der Waals surface area contributed by atoms with Gasteiger partial charge in [0.05, 0.1) is 28.9 Å². The van der Waals surface area contributed by atoms with Crippen molar-refractivity contribution in [3.05, 3.63) is 81.3 Å². The van der Waals surface area contributed by atoms with Crippen LogP contribution in [-0.4, -0.2) is 30.8 Å². The van der Waals surface area contributed by atoms with Gasteiger partial charge in [-0.3, -0.25) is 24.7 Å². The highest BCUT2D eigenvalue weighted by Gasteiger charge is 2.21. The molecule has 1 amide bonds. The van der Waals surface area contributed by atoms with Crippen LogP contribution >= 0.6 is 0 Å². The maximum atomic E-state index is 12.6. The highest BCUT2D eigenvalue weighted by molar-refractivity contribution is 6.08. The summed E-state index contributed by atoms with van der Waals surface area (Å²) in [5.74, 6) is -0.236. The quantitative estimate of drug-likeness (QED) is 0.399. The van der Waals surface area contributed by atoms with Gasteiger partial charge in [0.1, 0.15) is 11.4 Å². The summed E-state index contributed by atoms with van der Waals surface area (Å²) in [6.07, 6.45) is 1.70. The standard InChI is InChI=1S/C20H18N6O3/c1-12-19(26(28)29)13(2)25(24-12)11-14-6-8-15(9-7-14)20(27)22-17-5-3-4-16-10-21-23-18(16)17/h3-10H,11H2,1-2H3,(H,21,23)(H,22,27). The first kappa shape index (κ1) is 18.4. The Morgan fingerprint density at radius 3 is 2.66 bits per heavy atom. The Kier molecular flexibility index (Phi) is 4.55. The third kappa shape index (κ3) is 3.45. The predicted octanol–water partition coefficient (Wildman–Crippen LogP) is 3.59. The van der Waals surface area contributed by atoms with E-state index < -0.39 is 4.92 Å². The molecule has 0 saturated carbocycles. The Bertz CT molecular complexity index is 1220. The van der Waals surface area contributed by atoms with Gasteiger partial charge in [-0.25, -0.2) is 0 Å². The minimum absolute atomic E-state index is 0.0361. The molecular weight excluding hydrogens is 372 g/mol. The summed E-state index contributed by atoms with van der Waals surface area (Å²) in [4.78, 5) is 23.3. The number of carbonyl (C=O) groups excluding carboxylic acids is 1. The number of fused-ring (bicyclic) bond motifs is 1. The second kappa shape index (κ2) is 7.19. The van der Waals surface area contributed by atoms with Gasteiger partial charge < -0.3 is 5.32 Å². The highest BCUT2D eigenvalue weighted by atomic mass is 16.6. The summed E-state index contributed by atoms with van der Waals surface area (Å²) >= 11 is 0. The average Bonchev–Trinajstić information content (AvgIpc) is 3.27. The van der Waals surface area contributed by atoms with Crippen LogP contribution in [0.1, 0.15) is 27.3 Å². The zero-order valence-electron chi connectivity index (χ0n) is 15.8. The molecule has 0 aliphatic heterocycles. The van der Waals surface area contributed by atoms with E-state index in [-0.39, 0.29) is 11.6 Å². The van der Waals surface area contributed by atoms with Crippen LogP contribution in [0.15, 0.2) is 48.7 Å². The number of benzene rings is 2. The fraction of sp³-hybridized carbons (Fsp3) is 0.150. The van der Waals surface area contributed by atoms with Gasteiger partial charge in [0.15, 0.2) is 0 Å². The van der Waals surface area contributed by atoms with Gasteiger partial charge >= 0.3 is 5.69 Å². The number of aromatic nitrogens is 4. The SMILES string of the molecule is Cc1nn(Cc2ccc(C(=O)Nc3cccc4cn[nH]c34)cc2)c(C)c1[N+](=O)[O-]. The third-order valence-electron chi connectivity index (χ3n) is 4.80. The molecule has 9 nitrogen and oxygen atoms in total. The number of H-pyrrole nitrogens is 1. The highest BCUT2D eigenvalue weighted by Crippen LogP contribution is 2.23. The maximum absolute atomic E-state index is 12.6. The molecule has 0 unspecified atom stereocenters. The van der Waals surface area contributed by atoms with Crippen molar-refractivity contribution in [1.29, 1.82) is 0 Å². The van der Waals surface area contributed by atoms with E-state index >= 15 is 0 Å². The van der Waals surface area contributed by atoms with Gasteiger partial charge in [-0.1, -0.05) is 24.3 Å². The first-order chi connectivity index (χ1) is 13.9. The number of hydrogen-bond acceptors (Lipinski definition) is 5. The molecule has 9 heteroatoms. The molecule has 0 aliphatic rings. The zero-order valence-corrected chi connectivity index (χ0v) is 15.8. The van der Waals surface area contributed by atoms with Gasteiger partial charge in [0.2, 0.25) is 0 Å². The zero-order chi connectivity index (χ0) is 20.5. The van der Waals surface area contributed by atoms with Gasteiger partial charge in [0.25, 0.3) is 5.91 Å². The Labute approximate surface area is 165 Å². The van der Waals surface area contributed by atoms with Crippen molar-refractivity contribution in [2.75, 3.05) is 5.32 Å². The maximum Gasteiger partial charge on any atom is 0.312 e. The van der Waals surface area contributed by atoms with E-state index in [4.69, 9.17) is 0 Å². The summed E-state index contributed by atoms with van der Waals surface area (Å²) in [7, 11) is 0. The lowest BCUT2D eigenvalue weighted by molar-refractivity contribution is -0.386. The number of para-hydroxylation sites is 1. The van der Waals surface area contributed by atoms with Crippen molar-refractivity contribution < 1.29 is 9.72 Å². The second-order valence-electron chi connectivity index (χ2n) is 6.73. The molecule has 2 N–H and O–H groups in total. The van der Waals surface area contributed by atoms with E-state index in [2.05, 4.69) is 20.6 Å². The van der Waals surface area contributed by atoms with E-state index in [0.717, 1.165) is 16.5 Å². The van der Waals surface area contributed by atoms with Crippen LogP contribution in [-0.2, 0) is 6.54 Å². The number of nitro groups is 1. The van der Waals surface area contributed by atoms with Crippen molar-refractivity contribution in [3.8, 4) is 0 Å². The van der Waals surface area contributed by atoms with Gasteiger partial charge in [-0.05, 0) is 37.6 Å². The normalized spacial score (nSPS) is 11.0.